The molecule has 0 saturated heterocycles. The van der Waals surface area contributed by atoms with Crippen molar-refractivity contribution >= 4 is 11.6 Å². The molecule has 0 heterocycles. The topological polar surface area (TPSA) is 52.6 Å². The summed E-state index contributed by atoms with van der Waals surface area (Å²) >= 11 is 0. The van der Waals surface area contributed by atoms with Crippen LogP contribution in [0, 0.1) is 0 Å². The minimum absolute atomic E-state index is 0.00220. The molecule has 1 rings (SSSR count). The second-order valence-electron chi connectivity index (χ2n) is 6.05. The van der Waals surface area contributed by atoms with Crippen molar-refractivity contribution in [3.63, 3.8) is 0 Å². The average molecular weight is 332 g/mol. The SMILES string of the molecule is CC/C=C(\C)CC/C=C(\C)CC1=C(C)C(=O)C(OC)=C(OC)C1=O. The molecule has 0 bridgehead atoms. The number of hydrogen-bond acceptors (Lipinski definition) is 4. The summed E-state index contributed by atoms with van der Waals surface area (Å²) in [5.41, 5.74) is 3.38. The molecule has 0 unspecified atom stereocenters. The molecular weight excluding hydrogens is 304 g/mol. The number of rotatable bonds is 8. The molecule has 0 aliphatic heterocycles. The van der Waals surface area contributed by atoms with Crippen LogP contribution in [0.25, 0.3) is 0 Å². The molecule has 0 aromatic rings. The Morgan fingerprint density at radius 3 is 2.08 bits per heavy atom. The number of Topliss-reactive ketones (excluding diaryl/α,β-unsaturated/α-hetero) is 2. The minimum Gasteiger partial charge on any atom is -0.489 e. The van der Waals surface area contributed by atoms with Crippen molar-refractivity contribution in [2.24, 2.45) is 0 Å². The van der Waals surface area contributed by atoms with Gasteiger partial charge in [-0.15, -0.1) is 0 Å². The van der Waals surface area contributed by atoms with Crippen molar-refractivity contribution in [3.05, 3.63) is 46.0 Å². The van der Waals surface area contributed by atoms with Crippen LogP contribution in [-0.2, 0) is 19.1 Å². The smallest absolute Gasteiger partial charge is 0.228 e. The highest BCUT2D eigenvalue weighted by Crippen LogP contribution is 2.29. The Labute approximate surface area is 144 Å². The molecule has 0 amide bonds. The van der Waals surface area contributed by atoms with E-state index in [2.05, 4.69) is 26.0 Å². The average Bonchev–Trinajstić information content (AvgIpc) is 2.54. The van der Waals surface area contributed by atoms with E-state index in [9.17, 15) is 9.59 Å². The van der Waals surface area contributed by atoms with Crippen LogP contribution in [0.4, 0.5) is 0 Å². The molecule has 0 aromatic heterocycles. The highest BCUT2D eigenvalue weighted by Gasteiger charge is 2.34. The van der Waals surface area contributed by atoms with Gasteiger partial charge in [0.1, 0.15) is 0 Å². The predicted molar refractivity (Wildman–Crippen MR) is 95.4 cm³/mol. The van der Waals surface area contributed by atoms with Gasteiger partial charge >= 0.3 is 0 Å². The standard InChI is InChI=1S/C20H28O4/c1-7-9-13(2)10-8-11-14(3)12-16-15(4)17(21)19(23-5)20(24-6)18(16)22/h9,11H,7-8,10,12H2,1-6H3/b13-9+,14-11+. The Morgan fingerprint density at radius 1 is 0.958 bits per heavy atom. The molecule has 0 radical (unpaired) electrons. The lowest BCUT2D eigenvalue weighted by Gasteiger charge is -2.20. The molecule has 0 fully saturated rings. The number of allylic oxidation sites excluding steroid dienone is 6. The second-order valence-corrected chi connectivity index (χ2v) is 6.05. The summed E-state index contributed by atoms with van der Waals surface area (Å²) in [6.07, 6.45) is 7.79. The third kappa shape index (κ3) is 4.70. The quantitative estimate of drug-likeness (QED) is 0.487. The summed E-state index contributed by atoms with van der Waals surface area (Å²) in [6, 6.07) is 0. The summed E-state index contributed by atoms with van der Waals surface area (Å²) in [4.78, 5) is 24.9. The molecular formula is C20H28O4. The van der Waals surface area contributed by atoms with Crippen LogP contribution in [0.2, 0.25) is 0 Å². The molecule has 24 heavy (non-hydrogen) atoms. The maximum absolute atomic E-state index is 12.6. The van der Waals surface area contributed by atoms with Crippen LogP contribution < -0.4 is 0 Å². The zero-order valence-electron chi connectivity index (χ0n) is 15.6. The predicted octanol–water partition coefficient (Wildman–Crippen LogP) is 4.43. The maximum Gasteiger partial charge on any atom is 0.228 e. The van der Waals surface area contributed by atoms with Gasteiger partial charge in [-0.25, -0.2) is 0 Å². The van der Waals surface area contributed by atoms with E-state index in [1.165, 1.54) is 19.8 Å². The van der Waals surface area contributed by atoms with E-state index >= 15 is 0 Å². The van der Waals surface area contributed by atoms with Crippen LogP contribution in [0.1, 0.15) is 53.4 Å². The van der Waals surface area contributed by atoms with Crippen molar-refractivity contribution in [1.82, 2.24) is 0 Å². The minimum atomic E-state index is -0.279. The van der Waals surface area contributed by atoms with E-state index in [1.807, 2.05) is 6.92 Å². The van der Waals surface area contributed by atoms with Crippen molar-refractivity contribution in [2.45, 2.75) is 53.4 Å². The highest BCUT2D eigenvalue weighted by atomic mass is 16.5. The Balaban J connectivity index is 2.90. The lowest BCUT2D eigenvalue weighted by atomic mass is 9.89. The fourth-order valence-corrected chi connectivity index (χ4v) is 2.75. The Hall–Kier alpha value is -2.10. The number of carbonyl (C=O) groups is 2. The third-order valence-corrected chi connectivity index (χ3v) is 4.13. The van der Waals surface area contributed by atoms with E-state index in [4.69, 9.17) is 9.47 Å². The Morgan fingerprint density at radius 2 is 1.54 bits per heavy atom. The van der Waals surface area contributed by atoms with Gasteiger partial charge in [-0.2, -0.15) is 0 Å². The number of methoxy groups -OCH3 is 2. The first-order chi connectivity index (χ1) is 11.4. The van der Waals surface area contributed by atoms with Crippen molar-refractivity contribution < 1.29 is 19.1 Å². The van der Waals surface area contributed by atoms with E-state index in [0.29, 0.717) is 17.6 Å². The van der Waals surface area contributed by atoms with Crippen molar-refractivity contribution in [1.29, 1.82) is 0 Å². The monoisotopic (exact) mass is 332 g/mol. The van der Waals surface area contributed by atoms with Crippen LogP contribution in [0.15, 0.2) is 46.0 Å². The van der Waals surface area contributed by atoms with Gasteiger partial charge in [-0.05, 0) is 46.5 Å². The van der Waals surface area contributed by atoms with Gasteiger partial charge in [0.15, 0.2) is 0 Å². The molecule has 1 aliphatic carbocycles. The van der Waals surface area contributed by atoms with Gasteiger partial charge in [-0.1, -0.05) is 30.2 Å². The van der Waals surface area contributed by atoms with Crippen LogP contribution >= 0.6 is 0 Å². The summed E-state index contributed by atoms with van der Waals surface area (Å²) in [5, 5.41) is 0. The molecule has 4 nitrogen and oxygen atoms in total. The molecule has 4 heteroatoms. The number of carbonyl (C=O) groups excluding carboxylic acids is 2. The lowest BCUT2D eigenvalue weighted by Crippen LogP contribution is -2.25. The Bertz CT molecular complexity index is 630. The lowest BCUT2D eigenvalue weighted by molar-refractivity contribution is -0.121. The molecule has 0 atom stereocenters. The number of ketones is 2. The van der Waals surface area contributed by atoms with Gasteiger partial charge in [0, 0.05) is 11.1 Å². The van der Waals surface area contributed by atoms with E-state index in [1.54, 1.807) is 6.92 Å². The maximum atomic E-state index is 12.6. The van der Waals surface area contributed by atoms with Gasteiger partial charge in [0.2, 0.25) is 23.1 Å². The zero-order valence-corrected chi connectivity index (χ0v) is 15.6. The first kappa shape index (κ1) is 19.9. The van der Waals surface area contributed by atoms with Crippen molar-refractivity contribution in [2.75, 3.05) is 14.2 Å². The van der Waals surface area contributed by atoms with Crippen molar-refractivity contribution in [3.8, 4) is 0 Å². The molecule has 132 valence electrons. The van der Waals surface area contributed by atoms with Gasteiger partial charge in [0.25, 0.3) is 0 Å². The molecule has 1 aliphatic rings. The van der Waals surface area contributed by atoms with Gasteiger partial charge < -0.3 is 9.47 Å². The molecule has 0 spiro atoms. The molecule has 0 saturated carbocycles. The fraction of sp³-hybridized carbons (Fsp3) is 0.500. The largest absolute Gasteiger partial charge is 0.489 e. The van der Waals surface area contributed by atoms with E-state index in [0.717, 1.165) is 24.8 Å². The Kier molecular flexibility index (Phi) is 7.69. The summed E-state index contributed by atoms with van der Waals surface area (Å²) in [7, 11) is 2.75. The number of hydrogen-bond donors (Lipinski definition) is 0. The van der Waals surface area contributed by atoms with Crippen LogP contribution in [0.3, 0.4) is 0 Å². The third-order valence-electron chi connectivity index (χ3n) is 4.13. The normalized spacial score (nSPS) is 16.9. The van der Waals surface area contributed by atoms with E-state index in [-0.39, 0.29) is 23.1 Å². The molecule has 0 N–H and O–H groups in total. The summed E-state index contributed by atoms with van der Waals surface area (Å²) in [6.45, 7) is 7.91. The summed E-state index contributed by atoms with van der Waals surface area (Å²) in [5.74, 6) is -0.553. The highest BCUT2D eigenvalue weighted by molar-refractivity contribution is 6.23. The fourth-order valence-electron chi connectivity index (χ4n) is 2.75. The second kappa shape index (κ2) is 9.26. The number of ether oxygens (including phenoxy) is 2. The van der Waals surface area contributed by atoms with Gasteiger partial charge in [0.05, 0.1) is 14.2 Å². The first-order valence-electron chi connectivity index (χ1n) is 8.29. The first-order valence-corrected chi connectivity index (χ1v) is 8.29. The summed E-state index contributed by atoms with van der Waals surface area (Å²) < 4.78 is 10.1. The van der Waals surface area contributed by atoms with Crippen LogP contribution in [0.5, 0.6) is 0 Å². The van der Waals surface area contributed by atoms with E-state index < -0.39 is 0 Å². The zero-order chi connectivity index (χ0) is 18.3. The molecule has 0 aromatic carbocycles. The van der Waals surface area contributed by atoms with Gasteiger partial charge in [-0.3, -0.25) is 9.59 Å². The van der Waals surface area contributed by atoms with Crippen LogP contribution in [-0.4, -0.2) is 25.8 Å².